The second kappa shape index (κ2) is 23.4. The number of allylic oxidation sites excluding steroid dienone is 8. The van der Waals surface area contributed by atoms with Gasteiger partial charge in [0, 0.05) is 35.9 Å². The maximum Gasteiger partial charge on any atom is 0.0319 e. The molecule has 0 aromatic carbocycles. The van der Waals surface area contributed by atoms with Gasteiger partial charge in [-0.05, 0) is 12.8 Å². The molecular weight excluding hydrogens is 224 g/mol. The van der Waals surface area contributed by atoms with Crippen LogP contribution in [0.25, 0.3) is 0 Å². The van der Waals surface area contributed by atoms with E-state index in [9.17, 15) is 0 Å². The van der Waals surface area contributed by atoms with Crippen molar-refractivity contribution in [2.75, 3.05) is 14.2 Å². The quantitative estimate of drug-likeness (QED) is 0.641. The van der Waals surface area contributed by atoms with E-state index in [4.69, 9.17) is 10.2 Å². The van der Waals surface area contributed by atoms with Crippen LogP contribution in [-0.4, -0.2) is 24.4 Å². The molecular formula is C12H20O2Ti. The molecule has 0 atom stereocenters. The van der Waals surface area contributed by atoms with E-state index >= 15 is 0 Å². The van der Waals surface area contributed by atoms with Crippen molar-refractivity contribution in [3.05, 3.63) is 48.6 Å². The summed E-state index contributed by atoms with van der Waals surface area (Å²) in [6.45, 7) is 0. The predicted octanol–water partition coefficient (Wildman–Crippen LogP) is 2.22. The summed E-state index contributed by atoms with van der Waals surface area (Å²) in [5.74, 6) is 0. The Hall–Kier alpha value is -0.406. The minimum absolute atomic E-state index is 0. The zero-order valence-electron chi connectivity index (χ0n) is 9.43. The van der Waals surface area contributed by atoms with Gasteiger partial charge in [0.05, 0.1) is 0 Å². The number of hydrogen-bond acceptors (Lipinski definition) is 2. The van der Waals surface area contributed by atoms with Crippen molar-refractivity contribution in [2.24, 2.45) is 0 Å². The number of aliphatic hydroxyl groups is 2. The van der Waals surface area contributed by atoms with Crippen LogP contribution in [0.1, 0.15) is 12.8 Å². The van der Waals surface area contributed by atoms with Gasteiger partial charge in [0.2, 0.25) is 0 Å². The van der Waals surface area contributed by atoms with Crippen molar-refractivity contribution >= 4 is 0 Å². The maximum atomic E-state index is 7.00. The molecule has 0 saturated heterocycles. The fourth-order valence-electron chi connectivity index (χ4n) is 0.786. The van der Waals surface area contributed by atoms with E-state index in [1.165, 1.54) is 0 Å². The molecule has 0 bridgehead atoms. The third-order valence-corrected chi connectivity index (χ3v) is 1.31. The van der Waals surface area contributed by atoms with Gasteiger partial charge in [0.1, 0.15) is 0 Å². The molecule has 0 aliphatic heterocycles. The summed E-state index contributed by atoms with van der Waals surface area (Å²) in [4.78, 5) is 0. The number of hydrogen-bond donors (Lipinski definition) is 2. The smallest absolute Gasteiger partial charge is 0.0319 e. The van der Waals surface area contributed by atoms with Crippen molar-refractivity contribution in [3.8, 4) is 0 Å². The first-order valence-electron chi connectivity index (χ1n) is 4.53. The van der Waals surface area contributed by atoms with Gasteiger partial charge >= 0.3 is 0 Å². The molecule has 84 valence electrons. The fraction of sp³-hybridized carbons (Fsp3) is 0.333. The Labute approximate surface area is 108 Å². The molecule has 0 amide bonds. The molecule has 0 aromatic heterocycles. The summed E-state index contributed by atoms with van der Waals surface area (Å²) >= 11 is 0. The third-order valence-electron chi connectivity index (χ3n) is 1.31. The Morgan fingerprint density at radius 2 is 0.800 bits per heavy atom. The molecule has 2 aliphatic rings. The first-order chi connectivity index (χ1) is 7.00. The molecule has 0 aromatic rings. The Kier molecular flexibility index (Phi) is 31.3. The van der Waals surface area contributed by atoms with E-state index in [1.807, 2.05) is 0 Å². The molecule has 15 heavy (non-hydrogen) atoms. The average molecular weight is 244 g/mol. The van der Waals surface area contributed by atoms with E-state index < -0.39 is 0 Å². The minimum Gasteiger partial charge on any atom is -0.400 e. The SMILES string of the molecule is C1=CCC=C1.C1=CCC=C1.CO.CO.[Ti]. The standard InChI is InChI=1S/2C5H6.2CH4O.Ti/c2*1-2-4-5-3-1;2*1-2;/h2*1-4H,5H2;2*2H,1H3;. The molecule has 0 unspecified atom stereocenters. The molecule has 2 nitrogen and oxygen atoms in total. The van der Waals surface area contributed by atoms with Crippen LogP contribution in [0.2, 0.25) is 0 Å². The fourth-order valence-corrected chi connectivity index (χ4v) is 0.786. The predicted molar refractivity (Wildman–Crippen MR) is 62.1 cm³/mol. The largest absolute Gasteiger partial charge is 0.400 e. The molecule has 0 spiro atoms. The molecule has 2 N–H and O–H groups in total. The average Bonchev–Trinajstić information content (AvgIpc) is 3.01. The van der Waals surface area contributed by atoms with Crippen LogP contribution in [0, 0.1) is 0 Å². The van der Waals surface area contributed by atoms with Crippen LogP contribution in [0.5, 0.6) is 0 Å². The van der Waals surface area contributed by atoms with Gasteiger partial charge < -0.3 is 10.2 Å². The minimum atomic E-state index is 0. The molecule has 0 fully saturated rings. The molecule has 2 aliphatic carbocycles. The van der Waals surface area contributed by atoms with Crippen LogP contribution >= 0.6 is 0 Å². The van der Waals surface area contributed by atoms with Gasteiger partial charge in [0.25, 0.3) is 0 Å². The van der Waals surface area contributed by atoms with Crippen molar-refractivity contribution in [1.29, 1.82) is 0 Å². The van der Waals surface area contributed by atoms with E-state index in [-0.39, 0.29) is 21.7 Å². The summed E-state index contributed by atoms with van der Waals surface area (Å²) in [6.07, 6.45) is 19.0. The van der Waals surface area contributed by atoms with Crippen LogP contribution in [-0.2, 0) is 21.7 Å². The summed E-state index contributed by atoms with van der Waals surface area (Å²) in [5, 5.41) is 14.0. The Balaban J connectivity index is -0.000000138. The summed E-state index contributed by atoms with van der Waals surface area (Å²) in [7, 11) is 2.00. The first-order valence-corrected chi connectivity index (χ1v) is 4.53. The van der Waals surface area contributed by atoms with Gasteiger partial charge in [-0.25, -0.2) is 0 Å². The Bertz CT molecular complexity index is 152. The third kappa shape index (κ3) is 19.9. The molecule has 2 rings (SSSR count). The Morgan fingerprint density at radius 3 is 0.867 bits per heavy atom. The van der Waals surface area contributed by atoms with Gasteiger partial charge in [-0.2, -0.15) is 0 Å². The summed E-state index contributed by atoms with van der Waals surface area (Å²) < 4.78 is 0. The van der Waals surface area contributed by atoms with Gasteiger partial charge in [-0.1, -0.05) is 48.6 Å². The number of aliphatic hydroxyl groups excluding tert-OH is 2. The van der Waals surface area contributed by atoms with Crippen LogP contribution in [0.15, 0.2) is 48.6 Å². The van der Waals surface area contributed by atoms with E-state index in [0.29, 0.717) is 0 Å². The second-order valence-electron chi connectivity index (χ2n) is 2.18. The second-order valence-corrected chi connectivity index (χ2v) is 2.18. The molecule has 0 saturated carbocycles. The van der Waals surface area contributed by atoms with Crippen molar-refractivity contribution in [3.63, 3.8) is 0 Å². The molecule has 3 heteroatoms. The summed E-state index contributed by atoms with van der Waals surface area (Å²) in [6, 6.07) is 0. The monoisotopic (exact) mass is 244 g/mol. The van der Waals surface area contributed by atoms with Gasteiger partial charge in [-0.15, -0.1) is 0 Å². The summed E-state index contributed by atoms with van der Waals surface area (Å²) in [5.41, 5.74) is 0. The van der Waals surface area contributed by atoms with Crippen molar-refractivity contribution < 1.29 is 31.9 Å². The van der Waals surface area contributed by atoms with E-state index in [2.05, 4.69) is 48.6 Å². The first kappa shape index (κ1) is 20.1. The maximum absolute atomic E-state index is 7.00. The van der Waals surface area contributed by atoms with Crippen molar-refractivity contribution in [1.82, 2.24) is 0 Å². The Morgan fingerprint density at radius 1 is 0.600 bits per heavy atom. The van der Waals surface area contributed by atoms with Crippen LogP contribution in [0.3, 0.4) is 0 Å². The molecule has 0 radical (unpaired) electrons. The zero-order valence-corrected chi connectivity index (χ0v) is 11.0. The van der Waals surface area contributed by atoms with Crippen LogP contribution in [0.4, 0.5) is 0 Å². The topological polar surface area (TPSA) is 40.5 Å². The van der Waals surface area contributed by atoms with Gasteiger partial charge in [0.15, 0.2) is 0 Å². The van der Waals surface area contributed by atoms with E-state index in [0.717, 1.165) is 27.1 Å². The normalized spacial score (nSPS) is 12.5. The van der Waals surface area contributed by atoms with Gasteiger partial charge in [-0.3, -0.25) is 0 Å². The van der Waals surface area contributed by atoms with Crippen LogP contribution < -0.4 is 0 Å². The van der Waals surface area contributed by atoms with Crippen molar-refractivity contribution in [2.45, 2.75) is 12.8 Å². The zero-order chi connectivity index (χ0) is 11.1. The van der Waals surface area contributed by atoms with E-state index in [1.54, 1.807) is 0 Å². The number of rotatable bonds is 0. The molecule has 0 heterocycles.